The van der Waals surface area contributed by atoms with E-state index in [0.29, 0.717) is 5.76 Å². The van der Waals surface area contributed by atoms with E-state index >= 15 is 0 Å². The number of hydrogen-bond acceptors (Lipinski definition) is 4. The fraction of sp³-hybridized carbons (Fsp3) is 0.214. The topological polar surface area (TPSA) is 97.4 Å². The van der Waals surface area contributed by atoms with Gasteiger partial charge in [0, 0.05) is 6.07 Å². The lowest BCUT2D eigenvalue weighted by molar-refractivity contribution is -0.384. The van der Waals surface area contributed by atoms with E-state index in [1.165, 1.54) is 18.2 Å². The number of rotatable bonds is 4. The summed E-state index contributed by atoms with van der Waals surface area (Å²) in [6, 6.07) is 6.86. The predicted molar refractivity (Wildman–Crippen MR) is 82.1 cm³/mol. The molecule has 1 aromatic heterocycles. The van der Waals surface area contributed by atoms with Crippen LogP contribution >= 0.6 is 11.6 Å². The first-order valence-electron chi connectivity index (χ1n) is 6.45. The summed E-state index contributed by atoms with van der Waals surface area (Å²) < 4.78 is 5.41. The maximum Gasteiger partial charge on any atom is 0.319 e. The Hall–Kier alpha value is -2.54. The lowest BCUT2D eigenvalue weighted by Gasteiger charge is -2.13. The molecule has 8 heteroatoms. The third kappa shape index (κ3) is 3.56. The van der Waals surface area contributed by atoms with E-state index in [1.54, 1.807) is 26.0 Å². The largest absolute Gasteiger partial charge is 0.464 e. The van der Waals surface area contributed by atoms with Crippen molar-refractivity contribution in [3.05, 3.63) is 57.0 Å². The third-order valence-corrected chi connectivity index (χ3v) is 3.36. The van der Waals surface area contributed by atoms with E-state index in [2.05, 4.69) is 10.6 Å². The van der Waals surface area contributed by atoms with Crippen LogP contribution in [0.3, 0.4) is 0 Å². The van der Waals surface area contributed by atoms with Gasteiger partial charge in [-0.3, -0.25) is 10.1 Å². The van der Waals surface area contributed by atoms with Crippen LogP contribution in [0.4, 0.5) is 16.2 Å². The van der Waals surface area contributed by atoms with Gasteiger partial charge in [0.25, 0.3) is 5.69 Å². The average molecular weight is 324 g/mol. The van der Waals surface area contributed by atoms with E-state index in [-0.39, 0.29) is 22.4 Å². The Morgan fingerprint density at radius 2 is 2.09 bits per heavy atom. The summed E-state index contributed by atoms with van der Waals surface area (Å²) in [6.07, 6.45) is 0. The molecule has 0 aliphatic rings. The summed E-state index contributed by atoms with van der Waals surface area (Å²) in [5.41, 5.74) is -0.106. The minimum absolute atomic E-state index is 0.121. The number of benzene rings is 1. The molecule has 22 heavy (non-hydrogen) atoms. The number of halogens is 1. The number of nitrogens with zero attached hydrogens (tertiary/aromatic N) is 1. The first kappa shape index (κ1) is 15.8. The molecule has 1 heterocycles. The van der Waals surface area contributed by atoms with Crippen LogP contribution in [-0.2, 0) is 0 Å². The number of carbonyl (C=O) groups is 1. The van der Waals surface area contributed by atoms with Gasteiger partial charge in [-0.15, -0.1) is 0 Å². The highest BCUT2D eigenvalue weighted by Gasteiger charge is 2.18. The molecule has 2 N–H and O–H groups in total. The van der Waals surface area contributed by atoms with Crippen LogP contribution in [0, 0.1) is 17.0 Å². The van der Waals surface area contributed by atoms with E-state index in [4.69, 9.17) is 16.0 Å². The van der Waals surface area contributed by atoms with E-state index in [0.717, 1.165) is 5.76 Å². The molecule has 2 rings (SSSR count). The number of amides is 2. The first-order valence-corrected chi connectivity index (χ1v) is 6.83. The van der Waals surface area contributed by atoms with E-state index in [1.807, 2.05) is 0 Å². The normalized spacial score (nSPS) is 11.8. The molecule has 2 aromatic rings. The number of anilines is 1. The number of nitro groups is 1. The average Bonchev–Trinajstić information content (AvgIpc) is 2.87. The van der Waals surface area contributed by atoms with Crippen molar-refractivity contribution in [1.82, 2.24) is 5.32 Å². The second kappa shape index (κ2) is 6.48. The minimum Gasteiger partial charge on any atom is -0.464 e. The molecule has 0 spiro atoms. The van der Waals surface area contributed by atoms with Gasteiger partial charge >= 0.3 is 6.03 Å². The zero-order chi connectivity index (χ0) is 16.3. The summed E-state index contributed by atoms with van der Waals surface area (Å²) in [5, 5.41) is 15.8. The van der Waals surface area contributed by atoms with E-state index < -0.39 is 11.0 Å². The van der Waals surface area contributed by atoms with Gasteiger partial charge in [0.15, 0.2) is 0 Å². The Labute approximate surface area is 131 Å². The number of aryl methyl sites for hydroxylation is 1. The van der Waals surface area contributed by atoms with Crippen LogP contribution in [-0.4, -0.2) is 11.0 Å². The molecule has 0 radical (unpaired) electrons. The van der Waals surface area contributed by atoms with Gasteiger partial charge < -0.3 is 15.1 Å². The van der Waals surface area contributed by atoms with Gasteiger partial charge in [-0.2, -0.15) is 0 Å². The van der Waals surface area contributed by atoms with Crippen molar-refractivity contribution < 1.29 is 14.1 Å². The predicted octanol–water partition coefficient (Wildman–Crippen LogP) is 4.03. The molecule has 0 unspecified atom stereocenters. The molecule has 0 aliphatic carbocycles. The van der Waals surface area contributed by atoms with Gasteiger partial charge in [0.05, 0.1) is 16.7 Å². The van der Waals surface area contributed by atoms with Gasteiger partial charge in [-0.25, -0.2) is 4.79 Å². The third-order valence-electron chi connectivity index (χ3n) is 2.96. The monoisotopic (exact) mass is 323 g/mol. The molecule has 1 atom stereocenters. The lowest BCUT2D eigenvalue weighted by Crippen LogP contribution is -2.31. The number of carbonyl (C=O) groups excluding carboxylic acids is 1. The molecule has 1 aromatic carbocycles. The fourth-order valence-electron chi connectivity index (χ4n) is 1.87. The standard InChI is InChI=1S/C14H14ClN3O4/c1-8-6-7-12(22-8)9(2)16-14(19)17-10-4-3-5-11(13(10)15)18(20)21/h3-7,9H,1-2H3,(H2,16,17,19)/t9-/m0/s1. The minimum atomic E-state index is -0.611. The lowest BCUT2D eigenvalue weighted by atomic mass is 10.2. The second-order valence-electron chi connectivity index (χ2n) is 4.66. The molecule has 2 amide bonds. The number of furan rings is 1. The Kier molecular flexibility index (Phi) is 4.67. The second-order valence-corrected chi connectivity index (χ2v) is 5.04. The van der Waals surface area contributed by atoms with E-state index in [9.17, 15) is 14.9 Å². The Morgan fingerprint density at radius 1 is 1.36 bits per heavy atom. The van der Waals surface area contributed by atoms with Crippen molar-refractivity contribution in [2.75, 3.05) is 5.32 Å². The maximum atomic E-state index is 11.9. The molecule has 0 bridgehead atoms. The van der Waals surface area contributed by atoms with Crippen molar-refractivity contribution in [1.29, 1.82) is 0 Å². The molecule has 116 valence electrons. The summed E-state index contributed by atoms with van der Waals surface area (Å²) in [4.78, 5) is 22.1. The van der Waals surface area contributed by atoms with Crippen molar-refractivity contribution >= 4 is 29.0 Å². The number of hydrogen-bond donors (Lipinski definition) is 2. The van der Waals surface area contributed by atoms with Crippen LogP contribution in [0.15, 0.2) is 34.7 Å². The molecular weight excluding hydrogens is 310 g/mol. The zero-order valence-corrected chi connectivity index (χ0v) is 12.7. The fourth-order valence-corrected chi connectivity index (χ4v) is 2.11. The number of urea groups is 1. The van der Waals surface area contributed by atoms with Crippen LogP contribution in [0.2, 0.25) is 5.02 Å². The van der Waals surface area contributed by atoms with Gasteiger partial charge in [-0.1, -0.05) is 17.7 Å². The Bertz CT molecular complexity index is 714. The van der Waals surface area contributed by atoms with Crippen molar-refractivity contribution in [3.8, 4) is 0 Å². The van der Waals surface area contributed by atoms with Crippen LogP contribution < -0.4 is 10.6 Å². The van der Waals surface area contributed by atoms with Gasteiger partial charge in [-0.05, 0) is 32.0 Å². The first-order chi connectivity index (χ1) is 10.4. The van der Waals surface area contributed by atoms with Gasteiger partial charge in [0.1, 0.15) is 16.5 Å². The molecule has 0 saturated carbocycles. The van der Waals surface area contributed by atoms with Crippen LogP contribution in [0.1, 0.15) is 24.5 Å². The van der Waals surface area contributed by atoms with Crippen LogP contribution in [0.25, 0.3) is 0 Å². The van der Waals surface area contributed by atoms with Gasteiger partial charge in [0.2, 0.25) is 0 Å². The highest BCUT2D eigenvalue weighted by molar-refractivity contribution is 6.35. The molecule has 0 saturated heterocycles. The van der Waals surface area contributed by atoms with Crippen LogP contribution in [0.5, 0.6) is 0 Å². The van der Waals surface area contributed by atoms with Crippen molar-refractivity contribution in [2.24, 2.45) is 0 Å². The zero-order valence-electron chi connectivity index (χ0n) is 11.9. The maximum absolute atomic E-state index is 11.9. The highest BCUT2D eigenvalue weighted by Crippen LogP contribution is 2.31. The summed E-state index contributed by atoms with van der Waals surface area (Å²) in [5.74, 6) is 1.35. The number of nitro benzene ring substituents is 1. The summed E-state index contributed by atoms with van der Waals surface area (Å²) >= 11 is 5.90. The Balaban J connectivity index is 2.06. The molecule has 7 nitrogen and oxygen atoms in total. The summed E-state index contributed by atoms with van der Waals surface area (Å²) in [6.45, 7) is 3.56. The van der Waals surface area contributed by atoms with Crippen molar-refractivity contribution in [3.63, 3.8) is 0 Å². The Morgan fingerprint density at radius 3 is 2.68 bits per heavy atom. The molecular formula is C14H14ClN3O4. The SMILES string of the molecule is Cc1ccc([C@H](C)NC(=O)Nc2cccc([N+](=O)[O-])c2Cl)o1. The molecule has 0 fully saturated rings. The summed E-state index contributed by atoms with van der Waals surface area (Å²) in [7, 11) is 0. The smallest absolute Gasteiger partial charge is 0.319 e. The quantitative estimate of drug-likeness (QED) is 0.655. The highest BCUT2D eigenvalue weighted by atomic mass is 35.5. The number of nitrogens with one attached hydrogen (secondary N) is 2. The van der Waals surface area contributed by atoms with Crippen molar-refractivity contribution in [2.45, 2.75) is 19.9 Å². The molecule has 0 aliphatic heterocycles.